The zero-order valence-electron chi connectivity index (χ0n) is 13.5. The first-order valence-electron chi connectivity index (χ1n) is 6.88. The minimum Gasteiger partial charge on any atom is -0.317 e. The highest BCUT2D eigenvalue weighted by atomic mass is 32.2. The molecule has 0 saturated heterocycles. The molecule has 0 unspecified atom stereocenters. The van der Waals surface area contributed by atoms with Crippen molar-refractivity contribution in [3.05, 3.63) is 41.0 Å². The van der Waals surface area contributed by atoms with Crippen LogP contribution in [0.3, 0.4) is 0 Å². The second-order valence-electron chi connectivity index (χ2n) is 5.37. The first-order chi connectivity index (χ1) is 11.0. The molecule has 1 aromatic heterocycles. The lowest BCUT2D eigenvalue weighted by Crippen LogP contribution is -2.24. The van der Waals surface area contributed by atoms with Crippen molar-refractivity contribution >= 4 is 27.2 Å². The summed E-state index contributed by atoms with van der Waals surface area (Å²) in [6.07, 6.45) is 0.958. The summed E-state index contributed by atoms with van der Waals surface area (Å²) in [5.41, 5.74) is 0.628. The number of carbonyl (C=O) groups is 2. The molecule has 0 fully saturated rings. The van der Waals surface area contributed by atoms with E-state index in [4.69, 9.17) is 0 Å². The molecule has 7 nitrogen and oxygen atoms in total. The summed E-state index contributed by atoms with van der Waals surface area (Å²) < 4.78 is 38.3. The second kappa shape index (κ2) is 6.16. The molecule has 0 aliphatic rings. The number of hydrogen-bond acceptors (Lipinski definition) is 5. The number of benzene rings is 1. The Bertz CT molecular complexity index is 948. The second-order valence-corrected chi connectivity index (χ2v) is 7.38. The van der Waals surface area contributed by atoms with Gasteiger partial charge in [-0.25, -0.2) is 12.8 Å². The van der Waals surface area contributed by atoms with E-state index in [2.05, 4.69) is 10.4 Å². The minimum atomic E-state index is -3.58. The van der Waals surface area contributed by atoms with E-state index in [-0.39, 0.29) is 16.1 Å². The van der Waals surface area contributed by atoms with E-state index in [9.17, 15) is 22.4 Å². The fraction of sp³-hybridized carbons (Fsp3) is 0.267. The van der Waals surface area contributed by atoms with Crippen LogP contribution in [0.25, 0.3) is 0 Å². The lowest BCUT2D eigenvalue weighted by atomic mass is 10.1. The number of rotatable bonds is 4. The summed E-state index contributed by atoms with van der Waals surface area (Å²) >= 11 is 0. The van der Waals surface area contributed by atoms with Crippen molar-refractivity contribution < 1.29 is 22.4 Å². The number of nitrogens with one attached hydrogen (secondary N) is 1. The number of amides is 1. The maximum Gasteiger partial charge on any atom is 0.296 e. The molecule has 0 bridgehead atoms. The van der Waals surface area contributed by atoms with Crippen LogP contribution >= 0.6 is 0 Å². The molecule has 0 atom stereocenters. The van der Waals surface area contributed by atoms with E-state index in [1.807, 2.05) is 0 Å². The topological polar surface area (TPSA) is 98.1 Å². The summed E-state index contributed by atoms with van der Waals surface area (Å²) in [5.74, 6) is -2.79. The fourth-order valence-electron chi connectivity index (χ4n) is 2.23. The summed E-state index contributed by atoms with van der Waals surface area (Å²) in [6.45, 7) is 3.21. The zero-order chi connectivity index (χ0) is 18.2. The first kappa shape index (κ1) is 17.8. The van der Waals surface area contributed by atoms with E-state index in [1.165, 1.54) is 4.68 Å². The molecule has 1 amide bonds. The van der Waals surface area contributed by atoms with Crippen LogP contribution in [-0.4, -0.2) is 36.1 Å². The van der Waals surface area contributed by atoms with E-state index >= 15 is 0 Å². The van der Waals surface area contributed by atoms with Crippen molar-refractivity contribution in [1.82, 2.24) is 9.78 Å². The number of carbonyl (C=O) groups excluding carboxylic acids is 2. The summed E-state index contributed by atoms with van der Waals surface area (Å²) in [7, 11) is -1.95. The average molecular weight is 353 g/mol. The Hall–Kier alpha value is -2.55. The predicted octanol–water partition coefficient (Wildman–Crippen LogP) is 1.40. The van der Waals surface area contributed by atoms with Crippen molar-refractivity contribution in [1.29, 1.82) is 0 Å². The third-order valence-corrected chi connectivity index (χ3v) is 4.67. The molecule has 0 spiro atoms. The number of hydrogen-bond donors (Lipinski definition) is 1. The standard InChI is InChI=1S/C15H16FN3O4S/c1-8-13(9(2)19(3)18-8)14(20)15(21)17-12-7-10(24(4,22)23)5-6-11(12)16/h5-7H,1-4H3,(H,17,21). The van der Waals surface area contributed by atoms with E-state index in [0.717, 1.165) is 24.5 Å². The molecule has 24 heavy (non-hydrogen) atoms. The van der Waals surface area contributed by atoms with Crippen molar-refractivity contribution in [3.63, 3.8) is 0 Å². The number of sulfone groups is 1. The Balaban J connectivity index is 2.35. The maximum absolute atomic E-state index is 13.8. The maximum atomic E-state index is 13.8. The molecular formula is C15H16FN3O4S. The minimum absolute atomic E-state index is 0.134. The van der Waals surface area contributed by atoms with Crippen LogP contribution in [0.5, 0.6) is 0 Å². The summed E-state index contributed by atoms with van der Waals surface area (Å²) in [4.78, 5) is 24.3. The van der Waals surface area contributed by atoms with Crippen LogP contribution < -0.4 is 5.32 Å². The van der Waals surface area contributed by atoms with Gasteiger partial charge in [-0.3, -0.25) is 14.3 Å². The first-order valence-corrected chi connectivity index (χ1v) is 8.77. The fourth-order valence-corrected chi connectivity index (χ4v) is 2.87. The third-order valence-electron chi connectivity index (χ3n) is 3.56. The lowest BCUT2D eigenvalue weighted by Gasteiger charge is -2.08. The van der Waals surface area contributed by atoms with Crippen molar-refractivity contribution in [3.8, 4) is 0 Å². The van der Waals surface area contributed by atoms with Crippen LogP contribution in [0, 0.1) is 19.7 Å². The highest BCUT2D eigenvalue weighted by Gasteiger charge is 2.25. The van der Waals surface area contributed by atoms with Gasteiger partial charge in [-0.15, -0.1) is 0 Å². The van der Waals surface area contributed by atoms with Gasteiger partial charge >= 0.3 is 0 Å². The van der Waals surface area contributed by atoms with Crippen LogP contribution in [0.4, 0.5) is 10.1 Å². The van der Waals surface area contributed by atoms with Gasteiger partial charge in [0.25, 0.3) is 11.7 Å². The number of Topliss-reactive ketones (excluding diaryl/α,β-unsaturated/α-hetero) is 1. The van der Waals surface area contributed by atoms with Crippen LogP contribution in [0.15, 0.2) is 23.1 Å². The number of halogens is 1. The van der Waals surface area contributed by atoms with Crippen LogP contribution in [0.1, 0.15) is 21.7 Å². The molecule has 9 heteroatoms. The Kier molecular flexibility index (Phi) is 4.57. The van der Waals surface area contributed by atoms with E-state index in [0.29, 0.717) is 11.4 Å². The molecular weight excluding hydrogens is 337 g/mol. The van der Waals surface area contributed by atoms with Gasteiger partial charge in [-0.2, -0.15) is 5.10 Å². The molecule has 2 rings (SSSR count). The SMILES string of the molecule is Cc1nn(C)c(C)c1C(=O)C(=O)Nc1cc(S(C)(=O)=O)ccc1F. The molecule has 0 saturated carbocycles. The Morgan fingerprint density at radius 3 is 2.38 bits per heavy atom. The van der Waals surface area contributed by atoms with Gasteiger partial charge in [0.15, 0.2) is 9.84 Å². The van der Waals surface area contributed by atoms with Gasteiger partial charge in [0.1, 0.15) is 5.82 Å². The molecule has 0 aliphatic carbocycles. The Morgan fingerprint density at radius 1 is 1.25 bits per heavy atom. The number of aryl methyl sites for hydroxylation is 2. The predicted molar refractivity (Wildman–Crippen MR) is 85.2 cm³/mol. The molecule has 1 N–H and O–H groups in total. The van der Waals surface area contributed by atoms with Gasteiger partial charge in [0, 0.05) is 19.0 Å². The number of anilines is 1. The van der Waals surface area contributed by atoms with E-state index in [1.54, 1.807) is 20.9 Å². The van der Waals surface area contributed by atoms with Crippen molar-refractivity contribution in [2.45, 2.75) is 18.7 Å². The van der Waals surface area contributed by atoms with Gasteiger partial charge in [-0.05, 0) is 32.0 Å². The average Bonchev–Trinajstić information content (AvgIpc) is 2.72. The number of ketones is 1. The highest BCUT2D eigenvalue weighted by Crippen LogP contribution is 2.20. The molecule has 1 heterocycles. The van der Waals surface area contributed by atoms with Crippen molar-refractivity contribution in [2.75, 3.05) is 11.6 Å². The third kappa shape index (κ3) is 3.35. The Labute approximate surface area is 138 Å². The molecule has 1 aromatic carbocycles. The molecule has 0 radical (unpaired) electrons. The van der Waals surface area contributed by atoms with E-state index < -0.39 is 27.3 Å². The lowest BCUT2D eigenvalue weighted by molar-refractivity contribution is -0.112. The number of aromatic nitrogens is 2. The quantitative estimate of drug-likeness (QED) is 0.509. The van der Waals surface area contributed by atoms with Gasteiger partial charge in [-0.1, -0.05) is 0 Å². The molecule has 128 valence electrons. The smallest absolute Gasteiger partial charge is 0.296 e. The van der Waals surface area contributed by atoms with Gasteiger partial charge in [0.05, 0.1) is 21.8 Å². The van der Waals surface area contributed by atoms with Gasteiger partial charge < -0.3 is 5.32 Å². The summed E-state index contributed by atoms with van der Waals surface area (Å²) in [6, 6.07) is 2.97. The van der Waals surface area contributed by atoms with Crippen LogP contribution in [0.2, 0.25) is 0 Å². The zero-order valence-corrected chi connectivity index (χ0v) is 14.4. The van der Waals surface area contributed by atoms with Crippen LogP contribution in [-0.2, 0) is 21.7 Å². The Morgan fingerprint density at radius 2 is 1.88 bits per heavy atom. The highest BCUT2D eigenvalue weighted by molar-refractivity contribution is 7.90. The van der Waals surface area contributed by atoms with Crippen molar-refractivity contribution in [2.24, 2.45) is 7.05 Å². The molecule has 2 aromatic rings. The largest absolute Gasteiger partial charge is 0.317 e. The molecule has 0 aliphatic heterocycles. The summed E-state index contributed by atoms with van der Waals surface area (Å²) in [5, 5.41) is 6.17. The number of nitrogens with zero attached hydrogens (tertiary/aromatic N) is 2. The normalized spacial score (nSPS) is 11.4. The van der Waals surface area contributed by atoms with Gasteiger partial charge in [0.2, 0.25) is 0 Å². The monoisotopic (exact) mass is 353 g/mol.